The topological polar surface area (TPSA) is 65.4 Å². The summed E-state index contributed by atoms with van der Waals surface area (Å²) in [5.41, 5.74) is 3.44. The van der Waals surface area contributed by atoms with Crippen molar-refractivity contribution in [3.05, 3.63) is 53.5 Å². The normalized spacial score (nSPS) is 15.8. The number of rotatable bonds is 4. The minimum Gasteiger partial charge on any atom is -0.356 e. The largest absolute Gasteiger partial charge is 0.356 e. The number of aliphatic imine (C=N–C) groups is 1. The predicted octanol–water partition coefficient (Wildman–Crippen LogP) is 2.43. The van der Waals surface area contributed by atoms with E-state index < -0.39 is 0 Å². The minimum absolute atomic E-state index is 0.424. The van der Waals surface area contributed by atoms with E-state index >= 15 is 0 Å². The number of guanidine groups is 1. The van der Waals surface area contributed by atoms with E-state index in [4.69, 9.17) is 0 Å². The molecule has 2 N–H and O–H groups in total. The average molecular weight is 352 g/mol. The van der Waals surface area contributed by atoms with Crippen LogP contribution in [0.3, 0.4) is 0 Å². The van der Waals surface area contributed by atoms with E-state index in [0.29, 0.717) is 12.6 Å². The van der Waals surface area contributed by atoms with Crippen molar-refractivity contribution in [2.75, 3.05) is 25.0 Å². The van der Waals surface area contributed by atoms with Gasteiger partial charge in [0.25, 0.3) is 0 Å². The molecule has 0 aliphatic carbocycles. The highest BCUT2D eigenvalue weighted by Gasteiger charge is 2.20. The van der Waals surface area contributed by atoms with Crippen LogP contribution in [-0.2, 0) is 6.54 Å². The van der Waals surface area contributed by atoms with Crippen LogP contribution in [0.1, 0.15) is 29.7 Å². The Kier molecular flexibility index (Phi) is 6.04. The van der Waals surface area contributed by atoms with Gasteiger partial charge in [0.15, 0.2) is 5.96 Å². The van der Waals surface area contributed by atoms with Gasteiger partial charge in [-0.15, -0.1) is 0 Å². The van der Waals surface area contributed by atoms with Crippen molar-refractivity contribution in [3.63, 3.8) is 0 Å². The van der Waals surface area contributed by atoms with Gasteiger partial charge in [-0.25, -0.2) is 4.98 Å². The summed E-state index contributed by atoms with van der Waals surface area (Å²) in [4.78, 5) is 15.7. The first-order chi connectivity index (χ1) is 12.7. The number of nitrogens with zero attached hydrogens (tertiary/aromatic N) is 4. The summed E-state index contributed by atoms with van der Waals surface area (Å²) < 4.78 is 0. The molecule has 2 aromatic rings. The number of hydrogen-bond acceptors (Lipinski definition) is 4. The van der Waals surface area contributed by atoms with Crippen molar-refractivity contribution in [2.45, 2.75) is 39.3 Å². The second kappa shape index (κ2) is 8.65. The summed E-state index contributed by atoms with van der Waals surface area (Å²) in [7, 11) is 1.81. The monoisotopic (exact) mass is 352 g/mol. The second-order valence-electron chi connectivity index (χ2n) is 6.79. The molecular formula is C20H28N6. The lowest BCUT2D eigenvalue weighted by atomic mass is 10.1. The zero-order chi connectivity index (χ0) is 18.4. The molecule has 0 saturated carbocycles. The maximum atomic E-state index is 4.54. The molecule has 2 aromatic heterocycles. The van der Waals surface area contributed by atoms with E-state index in [9.17, 15) is 0 Å². The molecule has 0 bridgehead atoms. The Bertz CT molecular complexity index is 732. The molecule has 6 nitrogen and oxygen atoms in total. The second-order valence-corrected chi connectivity index (χ2v) is 6.79. The average Bonchev–Trinajstić information content (AvgIpc) is 2.67. The van der Waals surface area contributed by atoms with E-state index in [1.165, 1.54) is 11.1 Å². The maximum absolute atomic E-state index is 4.54. The molecule has 0 aromatic carbocycles. The standard InChI is InChI=1S/C20H28N6/c1-15-6-7-19(23-13-15)26-11-8-17(9-12-26)25-20(21-3)24-14-18-16(2)5-4-10-22-18/h4-7,10,13,17H,8-9,11-12,14H2,1-3H3,(H2,21,24,25). The molecule has 6 heteroatoms. The van der Waals surface area contributed by atoms with Crippen molar-refractivity contribution < 1.29 is 0 Å². The molecule has 0 radical (unpaired) electrons. The Morgan fingerprint density at radius 1 is 1.19 bits per heavy atom. The van der Waals surface area contributed by atoms with Gasteiger partial charge in [-0.2, -0.15) is 0 Å². The Morgan fingerprint density at radius 2 is 2.00 bits per heavy atom. The van der Waals surface area contributed by atoms with E-state index in [0.717, 1.165) is 43.4 Å². The van der Waals surface area contributed by atoms with Crippen molar-refractivity contribution in [1.29, 1.82) is 0 Å². The van der Waals surface area contributed by atoms with Crippen molar-refractivity contribution in [3.8, 4) is 0 Å². The highest BCUT2D eigenvalue weighted by atomic mass is 15.2. The lowest BCUT2D eigenvalue weighted by Crippen LogP contribution is -2.48. The van der Waals surface area contributed by atoms with Crippen LogP contribution in [0, 0.1) is 13.8 Å². The van der Waals surface area contributed by atoms with Crippen LogP contribution in [-0.4, -0.2) is 42.1 Å². The third kappa shape index (κ3) is 4.71. The van der Waals surface area contributed by atoms with E-state index in [1.807, 2.05) is 25.5 Å². The molecule has 0 spiro atoms. The third-order valence-corrected chi connectivity index (χ3v) is 4.82. The first-order valence-corrected chi connectivity index (χ1v) is 9.21. The van der Waals surface area contributed by atoms with Crippen LogP contribution >= 0.6 is 0 Å². The molecule has 3 rings (SSSR count). The number of aromatic nitrogens is 2. The molecule has 26 heavy (non-hydrogen) atoms. The van der Waals surface area contributed by atoms with E-state index in [1.54, 1.807) is 0 Å². The van der Waals surface area contributed by atoms with Gasteiger partial charge < -0.3 is 15.5 Å². The number of pyridine rings is 2. The van der Waals surface area contributed by atoms with Crippen LogP contribution in [0.4, 0.5) is 5.82 Å². The summed E-state index contributed by atoms with van der Waals surface area (Å²) >= 11 is 0. The van der Waals surface area contributed by atoms with Gasteiger partial charge in [0.1, 0.15) is 5.82 Å². The molecule has 1 fully saturated rings. The highest BCUT2D eigenvalue weighted by Crippen LogP contribution is 2.18. The third-order valence-electron chi connectivity index (χ3n) is 4.82. The van der Waals surface area contributed by atoms with Crippen LogP contribution in [0.2, 0.25) is 0 Å². The molecule has 1 aliphatic rings. The lowest BCUT2D eigenvalue weighted by molar-refractivity contribution is 0.459. The van der Waals surface area contributed by atoms with E-state index in [-0.39, 0.29) is 0 Å². The molecule has 0 atom stereocenters. The zero-order valence-electron chi connectivity index (χ0n) is 15.9. The van der Waals surface area contributed by atoms with Gasteiger partial charge in [0, 0.05) is 38.6 Å². The van der Waals surface area contributed by atoms with Crippen LogP contribution < -0.4 is 15.5 Å². The molecular weight excluding hydrogens is 324 g/mol. The summed E-state index contributed by atoms with van der Waals surface area (Å²) in [6, 6.07) is 8.70. The van der Waals surface area contributed by atoms with Crippen molar-refractivity contribution in [1.82, 2.24) is 20.6 Å². The number of nitrogens with one attached hydrogen (secondary N) is 2. The smallest absolute Gasteiger partial charge is 0.191 e. The summed E-state index contributed by atoms with van der Waals surface area (Å²) in [5, 5.41) is 6.91. The number of aryl methyl sites for hydroxylation is 2. The predicted molar refractivity (Wildman–Crippen MR) is 107 cm³/mol. The molecule has 1 saturated heterocycles. The SMILES string of the molecule is CN=C(NCc1ncccc1C)NC1CCN(c2ccc(C)cn2)CC1. The lowest BCUT2D eigenvalue weighted by Gasteiger charge is -2.33. The first-order valence-electron chi connectivity index (χ1n) is 9.21. The van der Waals surface area contributed by atoms with Gasteiger partial charge >= 0.3 is 0 Å². The maximum Gasteiger partial charge on any atom is 0.191 e. The van der Waals surface area contributed by atoms with Crippen molar-refractivity contribution in [2.24, 2.45) is 4.99 Å². The summed E-state index contributed by atoms with van der Waals surface area (Å²) in [6.45, 7) is 6.83. The Morgan fingerprint density at radius 3 is 2.65 bits per heavy atom. The fraction of sp³-hybridized carbons (Fsp3) is 0.450. The number of anilines is 1. The minimum atomic E-state index is 0.424. The first kappa shape index (κ1) is 18.2. The van der Waals surface area contributed by atoms with Gasteiger partial charge in [-0.1, -0.05) is 12.1 Å². The Labute approximate surface area is 155 Å². The quantitative estimate of drug-likeness (QED) is 0.653. The van der Waals surface area contributed by atoms with Gasteiger partial charge in [0.2, 0.25) is 0 Å². The Hall–Kier alpha value is -2.63. The Balaban J connectivity index is 1.48. The summed E-state index contributed by atoms with van der Waals surface area (Å²) in [5.74, 6) is 1.91. The highest BCUT2D eigenvalue weighted by molar-refractivity contribution is 5.80. The number of piperidine rings is 1. The van der Waals surface area contributed by atoms with Crippen molar-refractivity contribution >= 4 is 11.8 Å². The fourth-order valence-corrected chi connectivity index (χ4v) is 3.16. The van der Waals surface area contributed by atoms with Gasteiger partial charge in [0.05, 0.1) is 12.2 Å². The molecule has 138 valence electrons. The molecule has 1 aliphatic heterocycles. The zero-order valence-corrected chi connectivity index (χ0v) is 15.9. The van der Waals surface area contributed by atoms with E-state index in [2.05, 4.69) is 62.5 Å². The van der Waals surface area contributed by atoms with Crippen LogP contribution in [0.15, 0.2) is 41.7 Å². The fourth-order valence-electron chi connectivity index (χ4n) is 3.16. The van der Waals surface area contributed by atoms with Gasteiger partial charge in [-0.3, -0.25) is 9.98 Å². The molecule has 0 unspecified atom stereocenters. The molecule has 0 amide bonds. The van der Waals surface area contributed by atoms with Crippen LogP contribution in [0.5, 0.6) is 0 Å². The van der Waals surface area contributed by atoms with Gasteiger partial charge in [-0.05, 0) is 49.9 Å². The molecule has 3 heterocycles. The van der Waals surface area contributed by atoms with Crippen LogP contribution in [0.25, 0.3) is 0 Å². The summed E-state index contributed by atoms with van der Waals surface area (Å²) in [6.07, 6.45) is 5.90. The number of hydrogen-bond donors (Lipinski definition) is 2.